The van der Waals surface area contributed by atoms with Gasteiger partial charge in [-0.1, -0.05) is 18.2 Å². The third-order valence-electron chi connectivity index (χ3n) is 4.64. The van der Waals surface area contributed by atoms with E-state index in [-0.39, 0.29) is 11.8 Å². The van der Waals surface area contributed by atoms with Crippen LogP contribution in [0.5, 0.6) is 5.75 Å². The van der Waals surface area contributed by atoms with Gasteiger partial charge >= 0.3 is 0 Å². The van der Waals surface area contributed by atoms with Crippen LogP contribution in [0.25, 0.3) is 6.08 Å². The summed E-state index contributed by atoms with van der Waals surface area (Å²) in [5.74, 6) is 0.594. The minimum Gasteiger partial charge on any atom is -0.494 e. The van der Waals surface area contributed by atoms with Crippen LogP contribution in [-0.2, 0) is 4.79 Å². The van der Waals surface area contributed by atoms with Crippen LogP contribution >= 0.6 is 0 Å². The molecule has 1 heterocycles. The number of nitrogens with one attached hydrogen (secondary N) is 1. The Balaban J connectivity index is 1.59. The van der Waals surface area contributed by atoms with Crippen LogP contribution in [-0.4, -0.2) is 36.4 Å². The van der Waals surface area contributed by atoms with Gasteiger partial charge in [0.25, 0.3) is 5.91 Å². The predicted octanol–water partition coefficient (Wildman–Crippen LogP) is 4.36. The summed E-state index contributed by atoms with van der Waals surface area (Å²) in [7, 11) is 0. The van der Waals surface area contributed by atoms with Gasteiger partial charge in [0.1, 0.15) is 5.75 Å². The average molecular weight is 378 g/mol. The van der Waals surface area contributed by atoms with Crippen molar-refractivity contribution in [2.75, 3.05) is 25.0 Å². The van der Waals surface area contributed by atoms with Crippen molar-refractivity contribution < 1.29 is 14.3 Å². The lowest BCUT2D eigenvalue weighted by atomic mass is 10.1. The van der Waals surface area contributed by atoms with E-state index in [1.54, 1.807) is 30.3 Å². The molecule has 0 radical (unpaired) electrons. The molecule has 0 saturated carbocycles. The number of likely N-dealkylation sites (tertiary alicyclic amines) is 1. The molecule has 1 aliphatic rings. The van der Waals surface area contributed by atoms with Crippen molar-refractivity contribution in [1.82, 2.24) is 4.90 Å². The SMILES string of the molecule is CCOc1ccc(/C=C/C(=O)Nc2cccc(C(=O)N3CCCCC3)c2)cc1. The molecule has 0 bridgehead atoms. The Morgan fingerprint density at radius 2 is 1.82 bits per heavy atom. The standard InChI is InChI=1S/C23H26N2O3/c1-2-28-21-12-9-18(10-13-21)11-14-22(26)24-20-8-6-7-19(17-20)23(27)25-15-4-3-5-16-25/h6-14,17H,2-5,15-16H2,1H3,(H,24,26)/b14-11+. The second-order valence-corrected chi connectivity index (χ2v) is 6.76. The topological polar surface area (TPSA) is 58.6 Å². The molecule has 0 aromatic heterocycles. The van der Waals surface area contributed by atoms with Crippen molar-refractivity contribution in [3.8, 4) is 5.75 Å². The number of amides is 2. The molecule has 146 valence electrons. The molecule has 0 unspecified atom stereocenters. The van der Waals surface area contributed by atoms with Crippen LogP contribution < -0.4 is 10.1 Å². The van der Waals surface area contributed by atoms with E-state index < -0.39 is 0 Å². The molecule has 0 atom stereocenters. The van der Waals surface area contributed by atoms with E-state index in [0.29, 0.717) is 17.9 Å². The molecule has 1 aliphatic heterocycles. The zero-order valence-electron chi connectivity index (χ0n) is 16.2. The molecule has 0 spiro atoms. The monoisotopic (exact) mass is 378 g/mol. The zero-order valence-corrected chi connectivity index (χ0v) is 16.2. The molecule has 0 aliphatic carbocycles. The van der Waals surface area contributed by atoms with Gasteiger partial charge in [-0.3, -0.25) is 9.59 Å². The summed E-state index contributed by atoms with van der Waals surface area (Å²) in [4.78, 5) is 26.7. The van der Waals surface area contributed by atoms with Crippen LogP contribution in [0.3, 0.4) is 0 Å². The molecule has 2 aromatic rings. The van der Waals surface area contributed by atoms with E-state index in [1.807, 2.05) is 36.1 Å². The highest BCUT2D eigenvalue weighted by Crippen LogP contribution is 2.17. The van der Waals surface area contributed by atoms with Crippen LogP contribution in [0.4, 0.5) is 5.69 Å². The molecule has 2 aromatic carbocycles. The highest BCUT2D eigenvalue weighted by atomic mass is 16.5. The Kier molecular flexibility index (Phi) is 6.84. The van der Waals surface area contributed by atoms with E-state index in [0.717, 1.165) is 37.2 Å². The molecule has 5 nitrogen and oxygen atoms in total. The molecule has 28 heavy (non-hydrogen) atoms. The van der Waals surface area contributed by atoms with Crippen LogP contribution in [0.2, 0.25) is 0 Å². The van der Waals surface area contributed by atoms with E-state index in [1.165, 1.54) is 12.5 Å². The van der Waals surface area contributed by atoms with E-state index in [2.05, 4.69) is 5.32 Å². The maximum absolute atomic E-state index is 12.6. The average Bonchev–Trinajstić information content (AvgIpc) is 2.74. The highest BCUT2D eigenvalue weighted by Gasteiger charge is 2.18. The quantitative estimate of drug-likeness (QED) is 0.760. The Morgan fingerprint density at radius 3 is 2.54 bits per heavy atom. The van der Waals surface area contributed by atoms with Crippen molar-refractivity contribution in [2.24, 2.45) is 0 Å². The van der Waals surface area contributed by atoms with Crippen molar-refractivity contribution in [3.05, 3.63) is 65.7 Å². The molecule has 1 fully saturated rings. The van der Waals surface area contributed by atoms with E-state index in [4.69, 9.17) is 4.74 Å². The predicted molar refractivity (Wildman–Crippen MR) is 111 cm³/mol. The molecular formula is C23H26N2O3. The summed E-state index contributed by atoms with van der Waals surface area (Å²) in [5, 5.41) is 2.82. The summed E-state index contributed by atoms with van der Waals surface area (Å²) in [6.07, 6.45) is 6.51. The van der Waals surface area contributed by atoms with Gasteiger partial charge in [0.05, 0.1) is 6.61 Å². The molecule has 3 rings (SSSR count). The lowest BCUT2D eigenvalue weighted by Crippen LogP contribution is -2.35. The Labute approximate surface area is 166 Å². The van der Waals surface area contributed by atoms with Gasteiger partial charge in [-0.25, -0.2) is 0 Å². The number of hydrogen-bond acceptors (Lipinski definition) is 3. The molecule has 1 saturated heterocycles. The van der Waals surface area contributed by atoms with Crippen molar-refractivity contribution >= 4 is 23.6 Å². The van der Waals surface area contributed by atoms with Crippen LogP contribution in [0.1, 0.15) is 42.1 Å². The van der Waals surface area contributed by atoms with Gasteiger partial charge in [0.2, 0.25) is 5.91 Å². The summed E-state index contributed by atoms with van der Waals surface area (Å²) in [6.45, 7) is 4.17. The second-order valence-electron chi connectivity index (χ2n) is 6.76. The van der Waals surface area contributed by atoms with Gasteiger partial charge in [0.15, 0.2) is 0 Å². The lowest BCUT2D eigenvalue weighted by molar-refractivity contribution is -0.111. The number of rotatable bonds is 6. The number of carbonyl (C=O) groups is 2. The first-order valence-electron chi connectivity index (χ1n) is 9.77. The Morgan fingerprint density at radius 1 is 1.07 bits per heavy atom. The number of ether oxygens (including phenoxy) is 1. The van der Waals surface area contributed by atoms with Gasteiger partial charge in [-0.2, -0.15) is 0 Å². The number of piperidine rings is 1. The molecular weight excluding hydrogens is 352 g/mol. The highest BCUT2D eigenvalue weighted by molar-refractivity contribution is 6.03. The fourth-order valence-corrected chi connectivity index (χ4v) is 3.21. The Bertz CT molecular complexity index is 837. The summed E-state index contributed by atoms with van der Waals surface area (Å²) < 4.78 is 5.41. The normalized spacial score (nSPS) is 14.1. The van der Waals surface area contributed by atoms with Crippen molar-refractivity contribution in [3.63, 3.8) is 0 Å². The van der Waals surface area contributed by atoms with Crippen LogP contribution in [0, 0.1) is 0 Å². The fourth-order valence-electron chi connectivity index (χ4n) is 3.21. The summed E-state index contributed by atoms with van der Waals surface area (Å²) in [6, 6.07) is 14.6. The number of benzene rings is 2. The third kappa shape index (κ3) is 5.46. The first kappa shape index (κ1) is 19.7. The molecule has 5 heteroatoms. The van der Waals surface area contributed by atoms with Gasteiger partial charge < -0.3 is 15.0 Å². The van der Waals surface area contributed by atoms with Gasteiger partial charge in [-0.05, 0) is 68.2 Å². The smallest absolute Gasteiger partial charge is 0.253 e. The molecule has 2 amide bonds. The van der Waals surface area contributed by atoms with Crippen molar-refractivity contribution in [2.45, 2.75) is 26.2 Å². The number of hydrogen-bond donors (Lipinski definition) is 1. The molecule has 1 N–H and O–H groups in total. The van der Waals surface area contributed by atoms with Crippen LogP contribution in [0.15, 0.2) is 54.6 Å². The first-order valence-corrected chi connectivity index (χ1v) is 9.77. The van der Waals surface area contributed by atoms with E-state index >= 15 is 0 Å². The lowest BCUT2D eigenvalue weighted by Gasteiger charge is -2.26. The minimum absolute atomic E-state index is 0.0285. The number of carbonyl (C=O) groups excluding carboxylic acids is 2. The zero-order chi connectivity index (χ0) is 19.8. The van der Waals surface area contributed by atoms with Gasteiger partial charge in [0, 0.05) is 30.4 Å². The van der Waals surface area contributed by atoms with Crippen molar-refractivity contribution in [1.29, 1.82) is 0 Å². The summed E-state index contributed by atoms with van der Waals surface area (Å²) in [5.41, 5.74) is 2.13. The maximum Gasteiger partial charge on any atom is 0.253 e. The van der Waals surface area contributed by atoms with E-state index in [9.17, 15) is 9.59 Å². The second kappa shape index (κ2) is 9.74. The maximum atomic E-state index is 12.6. The van der Waals surface area contributed by atoms with Gasteiger partial charge in [-0.15, -0.1) is 0 Å². The number of anilines is 1. The Hall–Kier alpha value is -3.08. The third-order valence-corrected chi connectivity index (χ3v) is 4.64. The fraction of sp³-hybridized carbons (Fsp3) is 0.304. The largest absolute Gasteiger partial charge is 0.494 e. The first-order chi connectivity index (χ1) is 13.7. The summed E-state index contributed by atoms with van der Waals surface area (Å²) >= 11 is 0. The number of nitrogens with zero attached hydrogens (tertiary/aromatic N) is 1. The minimum atomic E-state index is -0.239.